The van der Waals surface area contributed by atoms with E-state index in [4.69, 9.17) is 8.92 Å². The molecule has 1 aromatic rings. The number of carbonyl (C=O) groups is 1. The third kappa shape index (κ3) is 6.48. The molecule has 1 amide bonds. The largest absolute Gasteiger partial charge is 0.444 e. The molecule has 0 aromatic heterocycles. The summed E-state index contributed by atoms with van der Waals surface area (Å²) in [7, 11) is -3.75. The van der Waals surface area contributed by atoms with E-state index in [1.54, 1.807) is 29.2 Å². The van der Waals surface area contributed by atoms with Crippen LogP contribution in [0.15, 0.2) is 29.2 Å². The fraction of sp³-hybridized carbons (Fsp3) is 0.667. The van der Waals surface area contributed by atoms with Crippen LogP contribution < -0.4 is 0 Å². The van der Waals surface area contributed by atoms with Gasteiger partial charge in [0.15, 0.2) is 0 Å². The van der Waals surface area contributed by atoms with E-state index in [1.165, 1.54) is 0 Å². The highest BCUT2D eigenvalue weighted by atomic mass is 32.2. The fourth-order valence-electron chi connectivity index (χ4n) is 3.42. The predicted octanol–water partition coefficient (Wildman–Crippen LogP) is 4.37. The maximum absolute atomic E-state index is 12.4. The molecule has 28 heavy (non-hydrogen) atoms. The highest BCUT2D eigenvalue weighted by Crippen LogP contribution is 2.29. The van der Waals surface area contributed by atoms with Crippen LogP contribution in [-0.4, -0.2) is 44.7 Å². The smallest absolute Gasteiger partial charge is 0.410 e. The molecule has 0 bridgehead atoms. The summed E-state index contributed by atoms with van der Waals surface area (Å²) in [5.74, 6) is 0.470. The molecule has 1 unspecified atom stereocenters. The molecule has 6 nitrogen and oxygen atoms in total. The Kier molecular flexibility index (Phi) is 7.51. The number of likely N-dealkylation sites (tertiary alicyclic amines) is 1. The molecule has 0 saturated carbocycles. The second kappa shape index (κ2) is 9.27. The van der Waals surface area contributed by atoms with E-state index in [1.807, 2.05) is 34.6 Å². The van der Waals surface area contributed by atoms with Crippen molar-refractivity contribution in [3.63, 3.8) is 0 Å². The van der Waals surface area contributed by atoms with Crippen LogP contribution in [-0.2, 0) is 19.0 Å². The minimum absolute atomic E-state index is 0.140. The van der Waals surface area contributed by atoms with Crippen molar-refractivity contribution in [1.29, 1.82) is 0 Å². The monoisotopic (exact) mass is 411 g/mol. The van der Waals surface area contributed by atoms with Gasteiger partial charge in [0.1, 0.15) is 5.60 Å². The van der Waals surface area contributed by atoms with Crippen LogP contribution in [0.2, 0.25) is 0 Å². The van der Waals surface area contributed by atoms with Crippen LogP contribution in [0.4, 0.5) is 4.79 Å². The zero-order valence-electron chi connectivity index (χ0n) is 17.6. The minimum atomic E-state index is -3.75. The number of ether oxygens (including phenoxy) is 1. The third-order valence-corrected chi connectivity index (χ3v) is 6.43. The first-order chi connectivity index (χ1) is 13.0. The molecule has 0 radical (unpaired) electrons. The summed E-state index contributed by atoms with van der Waals surface area (Å²) in [5.41, 5.74) is 0.500. The van der Waals surface area contributed by atoms with Crippen molar-refractivity contribution in [2.75, 3.05) is 19.7 Å². The van der Waals surface area contributed by atoms with E-state index < -0.39 is 15.7 Å². The lowest BCUT2D eigenvalue weighted by molar-refractivity contribution is 0.0145. The van der Waals surface area contributed by atoms with Crippen LogP contribution in [0.25, 0.3) is 0 Å². The van der Waals surface area contributed by atoms with Gasteiger partial charge in [0.05, 0.1) is 11.5 Å². The molecule has 1 heterocycles. The molecular formula is C21H33NO5S. The van der Waals surface area contributed by atoms with Crippen LogP contribution in [0.5, 0.6) is 0 Å². The van der Waals surface area contributed by atoms with Crippen molar-refractivity contribution >= 4 is 16.2 Å². The second-order valence-electron chi connectivity index (χ2n) is 8.52. The summed E-state index contributed by atoms with van der Waals surface area (Å²) in [5, 5.41) is 0. The molecule has 158 valence electrons. The number of aryl methyl sites for hydroxylation is 1. The third-order valence-electron chi connectivity index (χ3n) is 5.13. The van der Waals surface area contributed by atoms with Crippen molar-refractivity contribution < 1.29 is 22.1 Å². The first-order valence-electron chi connectivity index (χ1n) is 9.96. The average Bonchev–Trinajstić information content (AvgIpc) is 2.61. The van der Waals surface area contributed by atoms with Gasteiger partial charge >= 0.3 is 6.09 Å². The topological polar surface area (TPSA) is 72.9 Å². The first-order valence-corrected chi connectivity index (χ1v) is 11.4. The lowest BCUT2D eigenvalue weighted by Gasteiger charge is -2.36. The molecule has 7 heteroatoms. The maximum Gasteiger partial charge on any atom is 0.410 e. The van der Waals surface area contributed by atoms with Gasteiger partial charge in [-0.15, -0.1) is 0 Å². The van der Waals surface area contributed by atoms with Gasteiger partial charge < -0.3 is 9.64 Å². The van der Waals surface area contributed by atoms with Gasteiger partial charge in [-0.3, -0.25) is 4.18 Å². The van der Waals surface area contributed by atoms with Gasteiger partial charge in [0.25, 0.3) is 10.1 Å². The van der Waals surface area contributed by atoms with Crippen molar-refractivity contribution in [3.05, 3.63) is 29.8 Å². The zero-order valence-corrected chi connectivity index (χ0v) is 18.4. The number of hydrogen-bond donors (Lipinski definition) is 0. The molecule has 1 aliphatic rings. The first kappa shape index (κ1) is 22.7. The van der Waals surface area contributed by atoms with Crippen LogP contribution >= 0.6 is 0 Å². The van der Waals surface area contributed by atoms with E-state index >= 15 is 0 Å². The van der Waals surface area contributed by atoms with E-state index in [2.05, 4.69) is 0 Å². The molecule has 2 rings (SSSR count). The molecule has 0 N–H and O–H groups in total. The Hall–Kier alpha value is -1.60. The highest BCUT2D eigenvalue weighted by molar-refractivity contribution is 7.86. The van der Waals surface area contributed by atoms with Gasteiger partial charge in [-0.05, 0) is 64.5 Å². The Balaban J connectivity index is 1.89. The number of rotatable bonds is 6. The average molecular weight is 412 g/mol. The van der Waals surface area contributed by atoms with Gasteiger partial charge in [0, 0.05) is 13.1 Å². The van der Waals surface area contributed by atoms with E-state index in [0.29, 0.717) is 19.0 Å². The van der Waals surface area contributed by atoms with Crippen LogP contribution in [0, 0.1) is 18.8 Å². The van der Waals surface area contributed by atoms with Crippen molar-refractivity contribution in [1.82, 2.24) is 4.90 Å². The van der Waals surface area contributed by atoms with Crippen LogP contribution in [0.1, 0.15) is 52.5 Å². The summed E-state index contributed by atoms with van der Waals surface area (Å²) in [6, 6.07) is 6.68. The highest BCUT2D eigenvalue weighted by Gasteiger charge is 2.31. The summed E-state index contributed by atoms with van der Waals surface area (Å²) in [6.45, 7) is 11.0. The van der Waals surface area contributed by atoms with Gasteiger partial charge in [-0.2, -0.15) is 8.42 Å². The zero-order chi connectivity index (χ0) is 20.9. The molecule has 0 aliphatic carbocycles. The normalized spacial score (nSPS) is 17.4. The van der Waals surface area contributed by atoms with Crippen LogP contribution in [0.3, 0.4) is 0 Å². The predicted molar refractivity (Wildman–Crippen MR) is 109 cm³/mol. The standard InChI is InChI=1S/C21H33NO5S/c1-6-17(15-26-28(24,25)19-9-7-16(2)8-10-19)18-11-13-22(14-12-18)20(23)27-21(3,4)5/h7-10,17-18H,6,11-15H2,1-5H3. The summed E-state index contributed by atoms with van der Waals surface area (Å²) < 4.78 is 35.7. The lowest BCUT2D eigenvalue weighted by atomic mass is 9.83. The Morgan fingerprint density at radius 1 is 1.18 bits per heavy atom. The minimum Gasteiger partial charge on any atom is -0.444 e. The second-order valence-corrected chi connectivity index (χ2v) is 10.1. The molecule has 1 aromatic carbocycles. The Bertz CT molecular complexity index is 744. The van der Waals surface area contributed by atoms with E-state index in [0.717, 1.165) is 24.8 Å². The molecule has 1 atom stereocenters. The van der Waals surface area contributed by atoms with E-state index in [9.17, 15) is 13.2 Å². The number of piperidine rings is 1. The quantitative estimate of drug-likeness (QED) is 0.650. The summed E-state index contributed by atoms with van der Waals surface area (Å²) in [4.78, 5) is 14.1. The molecular weight excluding hydrogens is 378 g/mol. The van der Waals surface area contributed by atoms with E-state index in [-0.39, 0.29) is 23.5 Å². The van der Waals surface area contributed by atoms with Crippen molar-refractivity contribution in [2.45, 2.75) is 64.4 Å². The van der Waals surface area contributed by atoms with Crippen molar-refractivity contribution in [3.8, 4) is 0 Å². The van der Waals surface area contributed by atoms with Crippen molar-refractivity contribution in [2.24, 2.45) is 11.8 Å². The van der Waals surface area contributed by atoms with Gasteiger partial charge in [0.2, 0.25) is 0 Å². The Morgan fingerprint density at radius 2 is 1.75 bits per heavy atom. The Labute approximate surface area is 169 Å². The summed E-state index contributed by atoms with van der Waals surface area (Å²) in [6.07, 6.45) is 2.20. The molecule has 0 spiro atoms. The Morgan fingerprint density at radius 3 is 2.25 bits per heavy atom. The molecule has 1 saturated heterocycles. The lowest BCUT2D eigenvalue weighted by Crippen LogP contribution is -2.43. The van der Waals surface area contributed by atoms with Gasteiger partial charge in [-0.25, -0.2) is 4.79 Å². The van der Waals surface area contributed by atoms with Gasteiger partial charge in [-0.1, -0.05) is 31.0 Å². The number of benzene rings is 1. The maximum atomic E-state index is 12.4. The summed E-state index contributed by atoms with van der Waals surface area (Å²) >= 11 is 0. The number of amides is 1. The fourth-order valence-corrected chi connectivity index (χ4v) is 4.38. The SMILES string of the molecule is CCC(COS(=O)(=O)c1ccc(C)cc1)C1CCN(C(=O)OC(C)(C)C)CC1. The number of carbonyl (C=O) groups excluding carboxylic acids is 1. The molecule has 1 fully saturated rings. The number of nitrogens with zero attached hydrogens (tertiary/aromatic N) is 1. The number of hydrogen-bond acceptors (Lipinski definition) is 5. The molecule has 1 aliphatic heterocycles.